The SMILES string of the molecule is O=C(O)c1cccc(NC[C@H]2CCO[C@@H]2c2ccccc2)n1. The molecule has 0 radical (unpaired) electrons. The number of aromatic nitrogens is 1. The Morgan fingerprint density at radius 3 is 2.82 bits per heavy atom. The lowest BCUT2D eigenvalue weighted by atomic mass is 9.95. The van der Waals surface area contributed by atoms with Crippen molar-refractivity contribution in [3.8, 4) is 0 Å². The Hall–Kier alpha value is -2.40. The van der Waals surface area contributed by atoms with Crippen LogP contribution in [-0.4, -0.2) is 29.2 Å². The molecule has 0 saturated carbocycles. The third kappa shape index (κ3) is 3.26. The number of nitrogens with zero attached hydrogens (tertiary/aromatic N) is 1. The molecule has 1 aromatic heterocycles. The molecule has 0 amide bonds. The lowest BCUT2D eigenvalue weighted by Crippen LogP contribution is -2.18. The van der Waals surface area contributed by atoms with Crippen molar-refractivity contribution in [3.05, 3.63) is 59.8 Å². The van der Waals surface area contributed by atoms with Crippen LogP contribution in [-0.2, 0) is 4.74 Å². The van der Waals surface area contributed by atoms with Gasteiger partial charge in [0.1, 0.15) is 5.82 Å². The van der Waals surface area contributed by atoms with Crippen molar-refractivity contribution in [3.63, 3.8) is 0 Å². The van der Waals surface area contributed by atoms with Crippen LogP contribution in [0.3, 0.4) is 0 Å². The number of pyridine rings is 1. The molecule has 1 aromatic carbocycles. The average Bonchev–Trinajstić information content (AvgIpc) is 3.02. The van der Waals surface area contributed by atoms with E-state index < -0.39 is 5.97 Å². The van der Waals surface area contributed by atoms with Crippen LogP contribution in [0, 0.1) is 5.92 Å². The standard InChI is InChI=1S/C17H18N2O3/c20-17(21)14-7-4-8-15(19-14)18-11-13-9-10-22-16(13)12-5-2-1-3-6-12/h1-8,13,16H,9-11H2,(H,18,19)(H,20,21)/t13-,16-/m1/s1. The minimum Gasteiger partial charge on any atom is -0.477 e. The molecule has 2 atom stereocenters. The maximum Gasteiger partial charge on any atom is 0.354 e. The molecule has 2 heterocycles. The van der Waals surface area contributed by atoms with Gasteiger partial charge in [-0.3, -0.25) is 0 Å². The summed E-state index contributed by atoms with van der Waals surface area (Å²) in [4.78, 5) is 15.0. The van der Waals surface area contributed by atoms with Gasteiger partial charge in [-0.2, -0.15) is 0 Å². The van der Waals surface area contributed by atoms with Gasteiger partial charge >= 0.3 is 5.97 Å². The second-order valence-electron chi connectivity index (χ2n) is 5.34. The Kier molecular flexibility index (Phi) is 4.34. The Balaban J connectivity index is 1.66. The minimum absolute atomic E-state index is 0.0484. The Morgan fingerprint density at radius 1 is 1.23 bits per heavy atom. The third-order valence-corrected chi connectivity index (χ3v) is 3.86. The fraction of sp³-hybridized carbons (Fsp3) is 0.294. The van der Waals surface area contributed by atoms with Crippen LogP contribution in [0.15, 0.2) is 48.5 Å². The first-order chi connectivity index (χ1) is 10.7. The zero-order valence-corrected chi connectivity index (χ0v) is 12.1. The van der Waals surface area contributed by atoms with E-state index in [2.05, 4.69) is 22.4 Å². The maximum absolute atomic E-state index is 10.9. The molecule has 22 heavy (non-hydrogen) atoms. The lowest BCUT2D eigenvalue weighted by Gasteiger charge is -2.19. The van der Waals surface area contributed by atoms with Crippen LogP contribution >= 0.6 is 0 Å². The van der Waals surface area contributed by atoms with Gasteiger partial charge in [-0.15, -0.1) is 0 Å². The average molecular weight is 298 g/mol. The van der Waals surface area contributed by atoms with Crippen molar-refractivity contribution in [1.82, 2.24) is 4.98 Å². The van der Waals surface area contributed by atoms with E-state index in [1.54, 1.807) is 12.1 Å². The molecule has 1 aliphatic rings. The highest BCUT2D eigenvalue weighted by molar-refractivity contribution is 5.85. The molecule has 5 nitrogen and oxygen atoms in total. The van der Waals surface area contributed by atoms with E-state index in [0.29, 0.717) is 18.3 Å². The Bertz CT molecular complexity index is 645. The van der Waals surface area contributed by atoms with Gasteiger partial charge in [0.2, 0.25) is 0 Å². The van der Waals surface area contributed by atoms with E-state index in [1.165, 1.54) is 11.6 Å². The normalized spacial score (nSPS) is 20.7. The molecular formula is C17H18N2O3. The quantitative estimate of drug-likeness (QED) is 0.888. The smallest absolute Gasteiger partial charge is 0.354 e. The number of benzene rings is 1. The van der Waals surface area contributed by atoms with Gasteiger partial charge in [-0.1, -0.05) is 36.4 Å². The van der Waals surface area contributed by atoms with Crippen LogP contribution in [0.2, 0.25) is 0 Å². The largest absolute Gasteiger partial charge is 0.477 e. The van der Waals surface area contributed by atoms with Crippen LogP contribution in [0.1, 0.15) is 28.6 Å². The van der Waals surface area contributed by atoms with E-state index in [1.807, 2.05) is 18.2 Å². The Labute approximate surface area is 129 Å². The molecule has 3 rings (SSSR count). The van der Waals surface area contributed by atoms with E-state index in [-0.39, 0.29) is 11.8 Å². The van der Waals surface area contributed by atoms with E-state index in [9.17, 15) is 4.79 Å². The predicted octanol–water partition coefficient (Wildman–Crippen LogP) is 2.97. The van der Waals surface area contributed by atoms with Crippen molar-refractivity contribution in [2.75, 3.05) is 18.5 Å². The highest BCUT2D eigenvalue weighted by Gasteiger charge is 2.29. The molecule has 5 heteroatoms. The first kappa shape index (κ1) is 14.5. The minimum atomic E-state index is -1.02. The van der Waals surface area contributed by atoms with Crippen molar-refractivity contribution < 1.29 is 14.6 Å². The molecule has 114 valence electrons. The molecule has 0 bridgehead atoms. The highest BCUT2D eigenvalue weighted by Crippen LogP contribution is 2.34. The van der Waals surface area contributed by atoms with Gasteiger partial charge in [0, 0.05) is 19.1 Å². The lowest BCUT2D eigenvalue weighted by molar-refractivity contribution is 0.0690. The van der Waals surface area contributed by atoms with E-state index in [0.717, 1.165) is 13.0 Å². The van der Waals surface area contributed by atoms with Crippen molar-refractivity contribution in [2.24, 2.45) is 5.92 Å². The zero-order chi connectivity index (χ0) is 15.4. The summed E-state index contributed by atoms with van der Waals surface area (Å²) in [6.45, 7) is 1.45. The number of carbonyl (C=O) groups is 1. The van der Waals surface area contributed by atoms with Crippen LogP contribution in [0.25, 0.3) is 0 Å². The molecule has 0 spiro atoms. The van der Waals surface area contributed by atoms with Crippen molar-refractivity contribution in [1.29, 1.82) is 0 Å². The van der Waals surface area contributed by atoms with Gasteiger partial charge in [-0.05, 0) is 24.1 Å². The number of rotatable bonds is 5. The molecule has 0 unspecified atom stereocenters. The zero-order valence-electron chi connectivity index (χ0n) is 12.1. The van der Waals surface area contributed by atoms with Gasteiger partial charge < -0.3 is 15.2 Å². The number of nitrogens with one attached hydrogen (secondary N) is 1. The summed E-state index contributed by atoms with van der Waals surface area (Å²) >= 11 is 0. The summed E-state index contributed by atoms with van der Waals surface area (Å²) in [6.07, 6.45) is 1.06. The number of aromatic carboxylic acids is 1. The van der Waals surface area contributed by atoms with Crippen LogP contribution in [0.5, 0.6) is 0 Å². The summed E-state index contributed by atoms with van der Waals surface area (Å²) in [6, 6.07) is 15.1. The summed E-state index contributed by atoms with van der Waals surface area (Å²) in [5.74, 6) is -0.0914. The second-order valence-corrected chi connectivity index (χ2v) is 5.34. The molecule has 2 N–H and O–H groups in total. The monoisotopic (exact) mass is 298 g/mol. The number of carboxylic acid groups (broad SMARTS) is 1. The maximum atomic E-state index is 10.9. The molecule has 1 fully saturated rings. The summed E-state index contributed by atoms with van der Waals surface area (Å²) in [5.41, 5.74) is 1.23. The number of hydrogen-bond donors (Lipinski definition) is 2. The highest BCUT2D eigenvalue weighted by atomic mass is 16.5. The van der Waals surface area contributed by atoms with Crippen molar-refractivity contribution in [2.45, 2.75) is 12.5 Å². The summed E-state index contributed by atoms with van der Waals surface area (Å²) in [5, 5.41) is 12.2. The van der Waals surface area contributed by atoms with Gasteiger partial charge in [0.25, 0.3) is 0 Å². The number of ether oxygens (including phenoxy) is 1. The number of carboxylic acids is 1. The fourth-order valence-electron chi connectivity index (χ4n) is 2.74. The van der Waals surface area contributed by atoms with E-state index >= 15 is 0 Å². The fourth-order valence-corrected chi connectivity index (χ4v) is 2.74. The first-order valence-electron chi connectivity index (χ1n) is 7.35. The summed E-state index contributed by atoms with van der Waals surface area (Å²) < 4.78 is 5.85. The van der Waals surface area contributed by atoms with Gasteiger partial charge in [-0.25, -0.2) is 9.78 Å². The van der Waals surface area contributed by atoms with E-state index in [4.69, 9.17) is 9.84 Å². The molecule has 2 aromatic rings. The predicted molar refractivity (Wildman–Crippen MR) is 82.9 cm³/mol. The van der Waals surface area contributed by atoms with Crippen molar-refractivity contribution >= 4 is 11.8 Å². The van der Waals surface area contributed by atoms with Crippen LogP contribution < -0.4 is 5.32 Å². The number of hydrogen-bond acceptors (Lipinski definition) is 4. The first-order valence-corrected chi connectivity index (χ1v) is 7.35. The van der Waals surface area contributed by atoms with Gasteiger partial charge in [0.15, 0.2) is 5.69 Å². The summed E-state index contributed by atoms with van der Waals surface area (Å²) in [7, 11) is 0. The molecular weight excluding hydrogens is 280 g/mol. The molecule has 1 saturated heterocycles. The topological polar surface area (TPSA) is 71.5 Å². The molecule has 1 aliphatic heterocycles. The molecule has 0 aliphatic carbocycles. The third-order valence-electron chi connectivity index (χ3n) is 3.86. The van der Waals surface area contributed by atoms with Crippen LogP contribution in [0.4, 0.5) is 5.82 Å². The Morgan fingerprint density at radius 2 is 2.05 bits per heavy atom. The second kappa shape index (κ2) is 6.58. The number of anilines is 1. The van der Waals surface area contributed by atoms with Gasteiger partial charge in [0.05, 0.1) is 6.10 Å².